The minimum Gasteiger partial charge on any atom is -0.357 e. The number of ketones is 1. The number of carbonyl (C=O) groups excluding carboxylic acids is 1. The van der Waals surface area contributed by atoms with Gasteiger partial charge < -0.3 is 5.32 Å². The lowest BCUT2D eigenvalue weighted by atomic mass is 9.98. The predicted octanol–water partition coefficient (Wildman–Crippen LogP) is 5.54. The number of benzene rings is 1. The quantitative estimate of drug-likeness (QED) is 0.790. The fraction of sp³-hybridized carbons (Fsp3) is 0.471. The molecular formula is C17H24ClNO. The summed E-state index contributed by atoms with van der Waals surface area (Å²) in [6.07, 6.45) is 2.49. The number of carbonyl (C=O) groups is 1. The first kappa shape index (κ1) is 16.8. The molecule has 2 rings (SSSR count). The lowest BCUT2D eigenvalue weighted by molar-refractivity contribution is -0.114. The van der Waals surface area contributed by atoms with E-state index in [1.54, 1.807) is 0 Å². The zero-order valence-corrected chi connectivity index (χ0v) is 12.5. The molecule has 0 heterocycles. The molecule has 0 spiro atoms. The van der Waals surface area contributed by atoms with Gasteiger partial charge in [0, 0.05) is 17.7 Å². The molecule has 0 radical (unpaired) electrons. The highest BCUT2D eigenvalue weighted by atomic mass is 35.5. The molecule has 0 aliphatic heterocycles. The lowest BCUT2D eigenvalue weighted by Gasteiger charge is -2.14. The van der Waals surface area contributed by atoms with Crippen LogP contribution in [0.25, 0.3) is 0 Å². The van der Waals surface area contributed by atoms with Gasteiger partial charge in [-0.15, -0.1) is 0 Å². The number of halogens is 1. The Morgan fingerprint density at radius 1 is 1.35 bits per heavy atom. The Balaban J connectivity index is 0.00000200. The van der Waals surface area contributed by atoms with Gasteiger partial charge in [-0.25, -0.2) is 0 Å². The third-order valence-electron chi connectivity index (χ3n) is 3.93. The topological polar surface area (TPSA) is 29.1 Å². The second-order valence-corrected chi connectivity index (χ2v) is 5.61. The van der Waals surface area contributed by atoms with E-state index in [-0.39, 0.29) is 13.2 Å². The van der Waals surface area contributed by atoms with Crippen molar-refractivity contribution in [2.45, 2.75) is 53.4 Å². The van der Waals surface area contributed by atoms with E-state index in [2.05, 4.69) is 25.2 Å². The largest absolute Gasteiger partial charge is 0.357 e. The monoisotopic (exact) mass is 293 g/mol. The first-order valence-electron chi connectivity index (χ1n) is 6.82. The van der Waals surface area contributed by atoms with E-state index in [9.17, 15) is 4.79 Å². The SMILES string of the molecule is C.CC[C@@H](C)c1ccc(NC2=C(C)C(=O)CC2)c(Cl)c1. The zero-order valence-electron chi connectivity index (χ0n) is 11.7. The molecule has 0 fully saturated rings. The fourth-order valence-corrected chi connectivity index (χ4v) is 2.51. The van der Waals surface area contributed by atoms with Crippen LogP contribution in [0.15, 0.2) is 29.5 Å². The summed E-state index contributed by atoms with van der Waals surface area (Å²) in [5.41, 5.74) is 3.98. The minimum atomic E-state index is 0. The highest BCUT2D eigenvalue weighted by Gasteiger charge is 2.19. The van der Waals surface area contributed by atoms with Crippen LogP contribution in [-0.2, 0) is 4.79 Å². The average molecular weight is 294 g/mol. The summed E-state index contributed by atoms with van der Waals surface area (Å²) in [5.74, 6) is 0.746. The molecule has 0 bridgehead atoms. The fourth-order valence-electron chi connectivity index (χ4n) is 2.28. The van der Waals surface area contributed by atoms with Gasteiger partial charge in [-0.05, 0) is 43.4 Å². The molecule has 2 nitrogen and oxygen atoms in total. The van der Waals surface area contributed by atoms with Gasteiger partial charge in [-0.1, -0.05) is 38.9 Å². The number of nitrogens with one attached hydrogen (secondary N) is 1. The van der Waals surface area contributed by atoms with Crippen molar-refractivity contribution in [1.29, 1.82) is 0 Å². The van der Waals surface area contributed by atoms with Gasteiger partial charge in [0.2, 0.25) is 0 Å². The van der Waals surface area contributed by atoms with Crippen LogP contribution in [0.1, 0.15) is 58.9 Å². The van der Waals surface area contributed by atoms with Crippen molar-refractivity contribution in [3.8, 4) is 0 Å². The maximum absolute atomic E-state index is 11.5. The summed E-state index contributed by atoms with van der Waals surface area (Å²) < 4.78 is 0. The van der Waals surface area contributed by atoms with E-state index < -0.39 is 0 Å². The number of hydrogen-bond donors (Lipinski definition) is 1. The maximum atomic E-state index is 11.5. The van der Waals surface area contributed by atoms with Crippen LogP contribution >= 0.6 is 11.6 Å². The zero-order chi connectivity index (χ0) is 14.0. The molecule has 1 aliphatic carbocycles. The summed E-state index contributed by atoms with van der Waals surface area (Å²) >= 11 is 6.32. The third-order valence-corrected chi connectivity index (χ3v) is 4.25. The van der Waals surface area contributed by atoms with Crippen LogP contribution < -0.4 is 5.32 Å². The number of rotatable bonds is 4. The van der Waals surface area contributed by atoms with Gasteiger partial charge in [-0.2, -0.15) is 0 Å². The molecule has 0 unspecified atom stereocenters. The van der Waals surface area contributed by atoms with E-state index in [1.807, 2.05) is 19.1 Å². The van der Waals surface area contributed by atoms with Crippen LogP contribution in [0, 0.1) is 0 Å². The number of anilines is 1. The molecular weight excluding hydrogens is 270 g/mol. The van der Waals surface area contributed by atoms with Crippen molar-refractivity contribution in [2.24, 2.45) is 0 Å². The second kappa shape index (κ2) is 6.94. The Labute approximate surface area is 127 Å². The molecule has 1 aromatic rings. The van der Waals surface area contributed by atoms with E-state index >= 15 is 0 Å². The molecule has 0 amide bonds. The van der Waals surface area contributed by atoms with Gasteiger partial charge in [0.25, 0.3) is 0 Å². The predicted molar refractivity (Wildman–Crippen MR) is 87.5 cm³/mol. The Bertz CT molecular complexity index is 534. The molecule has 20 heavy (non-hydrogen) atoms. The third kappa shape index (κ3) is 3.43. The van der Waals surface area contributed by atoms with Crippen molar-refractivity contribution >= 4 is 23.1 Å². The molecule has 110 valence electrons. The van der Waals surface area contributed by atoms with Crippen LogP contribution in [0.3, 0.4) is 0 Å². The Kier molecular flexibility index (Phi) is 5.82. The van der Waals surface area contributed by atoms with Crippen LogP contribution in [0.5, 0.6) is 0 Å². The van der Waals surface area contributed by atoms with Crippen molar-refractivity contribution < 1.29 is 4.79 Å². The van der Waals surface area contributed by atoms with Crippen LogP contribution in [-0.4, -0.2) is 5.78 Å². The van der Waals surface area contributed by atoms with Gasteiger partial charge in [0.15, 0.2) is 5.78 Å². The van der Waals surface area contributed by atoms with Gasteiger partial charge in [-0.3, -0.25) is 4.79 Å². The van der Waals surface area contributed by atoms with Crippen molar-refractivity contribution in [3.63, 3.8) is 0 Å². The summed E-state index contributed by atoms with van der Waals surface area (Å²) in [7, 11) is 0. The molecule has 1 atom stereocenters. The van der Waals surface area contributed by atoms with Crippen LogP contribution in [0.4, 0.5) is 5.69 Å². The van der Waals surface area contributed by atoms with E-state index in [0.29, 0.717) is 12.3 Å². The molecule has 1 aromatic carbocycles. The summed E-state index contributed by atoms with van der Waals surface area (Å²) in [5, 5.41) is 4.02. The second-order valence-electron chi connectivity index (χ2n) is 5.20. The van der Waals surface area contributed by atoms with E-state index in [4.69, 9.17) is 11.6 Å². The molecule has 0 saturated heterocycles. The summed E-state index contributed by atoms with van der Waals surface area (Å²) in [6, 6.07) is 6.13. The minimum absolute atomic E-state index is 0. The molecule has 0 saturated carbocycles. The highest BCUT2D eigenvalue weighted by Crippen LogP contribution is 2.31. The van der Waals surface area contributed by atoms with Crippen molar-refractivity contribution in [1.82, 2.24) is 0 Å². The van der Waals surface area contributed by atoms with Crippen LogP contribution in [0.2, 0.25) is 5.02 Å². The van der Waals surface area contributed by atoms with Gasteiger partial charge in [0.1, 0.15) is 0 Å². The normalized spacial score (nSPS) is 16.1. The Hall–Kier alpha value is -1.28. The molecule has 0 aromatic heterocycles. The molecule has 1 N–H and O–H groups in total. The molecule has 1 aliphatic rings. The highest BCUT2D eigenvalue weighted by molar-refractivity contribution is 6.33. The van der Waals surface area contributed by atoms with Gasteiger partial charge >= 0.3 is 0 Å². The van der Waals surface area contributed by atoms with Gasteiger partial charge in [0.05, 0.1) is 10.7 Å². The first-order chi connectivity index (χ1) is 9.02. The van der Waals surface area contributed by atoms with Crippen molar-refractivity contribution in [3.05, 3.63) is 40.1 Å². The van der Waals surface area contributed by atoms with E-state index in [1.165, 1.54) is 5.56 Å². The Morgan fingerprint density at radius 3 is 2.55 bits per heavy atom. The van der Waals surface area contributed by atoms with Crippen molar-refractivity contribution in [2.75, 3.05) is 5.32 Å². The molecule has 3 heteroatoms. The summed E-state index contributed by atoms with van der Waals surface area (Å²) in [4.78, 5) is 11.5. The number of Topliss-reactive ketones (excluding diaryl/α,β-unsaturated/α-hetero) is 1. The van der Waals surface area contributed by atoms with E-state index in [0.717, 1.165) is 34.8 Å². The average Bonchev–Trinajstić information content (AvgIpc) is 2.72. The Morgan fingerprint density at radius 2 is 2.05 bits per heavy atom. The first-order valence-corrected chi connectivity index (χ1v) is 7.20. The smallest absolute Gasteiger partial charge is 0.160 e. The summed E-state index contributed by atoms with van der Waals surface area (Å²) in [6.45, 7) is 6.24. The number of hydrogen-bond acceptors (Lipinski definition) is 2. The lowest BCUT2D eigenvalue weighted by Crippen LogP contribution is -2.01. The standard InChI is InChI=1S/C16H20ClNO.CH4/c1-4-10(2)12-5-6-15(13(17)9-12)18-14-7-8-16(19)11(14)3;/h5-6,9-10,18H,4,7-8H2,1-3H3;1H4/t10-;/m1./s1. The maximum Gasteiger partial charge on any atom is 0.160 e. The number of allylic oxidation sites excluding steroid dienone is 2.